The van der Waals surface area contributed by atoms with Gasteiger partial charge in [0.15, 0.2) is 0 Å². The van der Waals surface area contributed by atoms with Crippen molar-refractivity contribution in [2.75, 3.05) is 0 Å². The van der Waals surface area contributed by atoms with Crippen LogP contribution in [0.15, 0.2) is 83.0 Å². The van der Waals surface area contributed by atoms with Crippen molar-refractivity contribution >= 4 is 33.3 Å². The van der Waals surface area contributed by atoms with Crippen LogP contribution >= 0.6 is 23.5 Å². The number of benzene rings is 2. The van der Waals surface area contributed by atoms with E-state index in [1.54, 1.807) is 22.3 Å². The average Bonchev–Trinajstić information content (AvgIpc) is 3.51. The second-order valence-electron chi connectivity index (χ2n) is 11.1. The summed E-state index contributed by atoms with van der Waals surface area (Å²) in [5.74, 6) is 1.36. The van der Waals surface area contributed by atoms with Gasteiger partial charge in [-0.05, 0) is 104 Å². The second-order valence-corrected chi connectivity index (χ2v) is 14.0. The third-order valence-corrected chi connectivity index (χ3v) is 12.4. The Morgan fingerprint density at radius 1 is 0.657 bits per heavy atom. The van der Waals surface area contributed by atoms with Crippen molar-refractivity contribution in [2.24, 2.45) is 11.8 Å². The standard InChI is InChI=1S/C33H36S2/c1-7-22-17-23(8-2)31-27-19-29(25-15-11-21(4)12-16-25)35-33(27,6)32(5)26(30(22)31)18-28(34-32)24-13-9-20(3)10-14-24/h9-16,18-19,22-23H,7-8,17H2,1-6H3/t22-,23-,32+,33+/m0/s1. The molecule has 2 aromatic carbocycles. The molecule has 0 unspecified atom stereocenters. The average molecular weight is 497 g/mol. The van der Waals surface area contributed by atoms with Crippen molar-refractivity contribution < 1.29 is 0 Å². The molecule has 2 aliphatic carbocycles. The predicted octanol–water partition coefficient (Wildman–Crippen LogP) is 9.76. The molecule has 1 saturated carbocycles. The summed E-state index contributed by atoms with van der Waals surface area (Å²) in [6.45, 7) is 14.2. The Morgan fingerprint density at radius 2 is 1.03 bits per heavy atom. The van der Waals surface area contributed by atoms with Crippen molar-refractivity contribution in [1.29, 1.82) is 0 Å². The van der Waals surface area contributed by atoms with Gasteiger partial charge in [0, 0.05) is 9.81 Å². The van der Waals surface area contributed by atoms with Crippen molar-refractivity contribution in [3.05, 3.63) is 105 Å². The molecule has 0 aromatic heterocycles. The Balaban J connectivity index is 1.56. The van der Waals surface area contributed by atoms with E-state index >= 15 is 0 Å². The number of hydrogen-bond donors (Lipinski definition) is 0. The summed E-state index contributed by atoms with van der Waals surface area (Å²) in [4.78, 5) is 2.88. The predicted molar refractivity (Wildman–Crippen MR) is 157 cm³/mol. The number of rotatable bonds is 4. The highest BCUT2D eigenvalue weighted by atomic mass is 32.2. The third kappa shape index (κ3) is 3.36. The van der Waals surface area contributed by atoms with Gasteiger partial charge in [-0.15, -0.1) is 23.5 Å². The van der Waals surface area contributed by atoms with Crippen molar-refractivity contribution in [3.8, 4) is 0 Å². The van der Waals surface area contributed by atoms with Gasteiger partial charge >= 0.3 is 0 Å². The first-order valence-electron chi connectivity index (χ1n) is 13.2. The molecule has 6 rings (SSSR count). The minimum Gasteiger partial charge on any atom is -0.112 e. The first-order valence-corrected chi connectivity index (χ1v) is 14.9. The zero-order chi connectivity index (χ0) is 24.5. The zero-order valence-electron chi connectivity index (χ0n) is 21.9. The maximum Gasteiger partial charge on any atom is 0.0618 e. The number of aryl methyl sites for hydroxylation is 2. The topological polar surface area (TPSA) is 0 Å². The molecule has 0 radical (unpaired) electrons. The van der Waals surface area contributed by atoms with Crippen molar-refractivity contribution in [3.63, 3.8) is 0 Å². The summed E-state index contributed by atoms with van der Waals surface area (Å²) in [6, 6.07) is 18.3. The molecule has 0 spiro atoms. The lowest BCUT2D eigenvalue weighted by atomic mass is 9.69. The van der Waals surface area contributed by atoms with Crippen molar-refractivity contribution in [2.45, 2.75) is 70.3 Å². The molecule has 2 heterocycles. The van der Waals surface area contributed by atoms with Crippen LogP contribution in [0.4, 0.5) is 0 Å². The first kappa shape index (κ1) is 23.5. The number of fused-ring (bicyclic) bond motifs is 4. The summed E-state index contributed by atoms with van der Waals surface area (Å²) in [5, 5.41) is 0. The van der Waals surface area contributed by atoms with Gasteiger partial charge in [0.2, 0.25) is 0 Å². The van der Waals surface area contributed by atoms with Crippen LogP contribution in [0.3, 0.4) is 0 Å². The van der Waals surface area contributed by atoms with E-state index in [0.29, 0.717) is 11.8 Å². The van der Waals surface area contributed by atoms with Crippen LogP contribution in [-0.4, -0.2) is 9.49 Å². The summed E-state index contributed by atoms with van der Waals surface area (Å²) in [7, 11) is 0. The maximum atomic E-state index is 2.58. The van der Waals surface area contributed by atoms with Crippen LogP contribution in [0.5, 0.6) is 0 Å². The fraction of sp³-hybridized carbons (Fsp3) is 0.394. The summed E-state index contributed by atoms with van der Waals surface area (Å²) < 4.78 is 0.0378. The smallest absolute Gasteiger partial charge is 0.0618 e. The van der Waals surface area contributed by atoms with Gasteiger partial charge in [0.1, 0.15) is 0 Å². The van der Waals surface area contributed by atoms with Crippen molar-refractivity contribution in [1.82, 2.24) is 0 Å². The molecule has 35 heavy (non-hydrogen) atoms. The Kier molecular flexibility index (Phi) is 5.58. The largest absolute Gasteiger partial charge is 0.112 e. The van der Waals surface area contributed by atoms with Gasteiger partial charge < -0.3 is 0 Å². The molecule has 180 valence electrons. The molecule has 2 heteroatoms. The molecule has 4 aliphatic rings. The van der Waals surface area contributed by atoms with Crippen LogP contribution in [0.25, 0.3) is 9.81 Å². The highest BCUT2D eigenvalue weighted by molar-refractivity contribution is 8.14. The summed E-state index contributed by atoms with van der Waals surface area (Å²) in [6.07, 6.45) is 8.95. The van der Waals surface area contributed by atoms with Gasteiger partial charge in [-0.25, -0.2) is 0 Å². The molecule has 0 bridgehead atoms. The molecular weight excluding hydrogens is 460 g/mol. The van der Waals surface area contributed by atoms with Gasteiger partial charge in [0.25, 0.3) is 0 Å². The Morgan fingerprint density at radius 3 is 1.37 bits per heavy atom. The normalized spacial score (nSPS) is 31.4. The zero-order valence-corrected chi connectivity index (χ0v) is 23.5. The highest BCUT2D eigenvalue weighted by Crippen LogP contribution is 2.71. The number of thioether (sulfide) groups is 2. The van der Waals surface area contributed by atoms with E-state index in [4.69, 9.17) is 0 Å². The lowest BCUT2D eigenvalue weighted by Gasteiger charge is -2.48. The Labute approximate surface area is 220 Å². The van der Waals surface area contributed by atoms with E-state index in [-0.39, 0.29) is 9.49 Å². The fourth-order valence-corrected chi connectivity index (χ4v) is 9.89. The van der Waals surface area contributed by atoms with Gasteiger partial charge in [-0.1, -0.05) is 73.5 Å². The minimum absolute atomic E-state index is 0.0189. The van der Waals surface area contributed by atoms with E-state index in [0.717, 1.165) is 0 Å². The molecule has 0 nitrogen and oxygen atoms in total. The lowest BCUT2D eigenvalue weighted by molar-refractivity contribution is 0.504. The first-order chi connectivity index (χ1) is 16.8. The van der Waals surface area contributed by atoms with Gasteiger partial charge in [-0.3, -0.25) is 0 Å². The molecule has 0 amide bonds. The van der Waals surface area contributed by atoms with Crippen LogP contribution in [-0.2, 0) is 0 Å². The molecule has 2 aromatic rings. The number of allylic oxidation sites excluding steroid dienone is 4. The van der Waals surface area contributed by atoms with E-state index < -0.39 is 0 Å². The molecule has 0 saturated heterocycles. The van der Waals surface area contributed by atoms with Crippen LogP contribution in [0.2, 0.25) is 0 Å². The van der Waals surface area contributed by atoms with Gasteiger partial charge in [0.05, 0.1) is 9.49 Å². The van der Waals surface area contributed by atoms with E-state index in [2.05, 4.69) is 126 Å². The molecule has 4 atom stereocenters. The molecule has 1 fully saturated rings. The third-order valence-electron chi connectivity index (χ3n) is 9.03. The van der Waals surface area contributed by atoms with E-state index in [1.807, 2.05) is 0 Å². The summed E-state index contributed by atoms with van der Waals surface area (Å²) >= 11 is 4.23. The van der Waals surface area contributed by atoms with Gasteiger partial charge in [-0.2, -0.15) is 0 Å². The monoisotopic (exact) mass is 496 g/mol. The summed E-state index contributed by atoms with van der Waals surface area (Å²) in [5.41, 5.74) is 12.0. The fourth-order valence-electron chi connectivity index (χ4n) is 6.74. The minimum atomic E-state index is 0.0189. The Bertz CT molecular complexity index is 1210. The number of hydrogen-bond acceptors (Lipinski definition) is 2. The second kappa shape index (κ2) is 8.32. The van der Waals surface area contributed by atoms with Crippen LogP contribution in [0.1, 0.15) is 69.2 Å². The molecule has 2 aliphatic heterocycles. The Hall–Kier alpha value is -1.90. The molecular formula is C33H36S2. The lowest BCUT2D eigenvalue weighted by Crippen LogP contribution is -2.47. The molecule has 0 N–H and O–H groups in total. The highest BCUT2D eigenvalue weighted by Gasteiger charge is 2.61. The van der Waals surface area contributed by atoms with E-state index in [1.165, 1.54) is 51.3 Å². The van der Waals surface area contributed by atoms with Crippen LogP contribution in [0, 0.1) is 25.7 Å². The SMILES string of the molecule is CC[C@H]1C[C@H](CC)C2=C3C=C(c4ccc(C)cc4)S[C@@]3(C)[C@]3(C)SC(c4ccc(C)cc4)=CC3=C21. The van der Waals surface area contributed by atoms with Crippen LogP contribution < -0.4 is 0 Å². The maximum absolute atomic E-state index is 2.58. The quantitative estimate of drug-likeness (QED) is 0.413. The van der Waals surface area contributed by atoms with E-state index in [9.17, 15) is 0 Å².